The predicted molar refractivity (Wildman–Crippen MR) is 99.9 cm³/mol. The van der Waals surface area contributed by atoms with Crippen molar-refractivity contribution in [3.8, 4) is 5.75 Å². The Hall–Kier alpha value is -2.60. The van der Waals surface area contributed by atoms with Crippen molar-refractivity contribution >= 4 is 28.9 Å². The summed E-state index contributed by atoms with van der Waals surface area (Å²) in [6.45, 7) is 5.71. The van der Waals surface area contributed by atoms with Gasteiger partial charge < -0.3 is 10.1 Å². The summed E-state index contributed by atoms with van der Waals surface area (Å²) in [4.78, 5) is 12.1. The number of para-hydroxylation sites is 1. The summed E-state index contributed by atoms with van der Waals surface area (Å²) in [5, 5.41) is 3.26. The Morgan fingerprint density at radius 2 is 1.75 bits per heavy atom. The highest BCUT2D eigenvalue weighted by Crippen LogP contribution is 2.17. The first-order chi connectivity index (χ1) is 11.5. The summed E-state index contributed by atoms with van der Waals surface area (Å²) >= 11 is 5.12. The number of aryl methyl sites for hydroxylation is 2. The lowest BCUT2D eigenvalue weighted by atomic mass is 10.1. The normalized spacial score (nSPS) is 11.3. The number of thiocarbonyl (C=S) groups is 1. The van der Waals surface area contributed by atoms with Gasteiger partial charge in [0.1, 0.15) is 5.75 Å². The molecule has 2 aromatic rings. The van der Waals surface area contributed by atoms with Crippen LogP contribution < -0.4 is 20.9 Å². The third-order valence-corrected chi connectivity index (χ3v) is 3.70. The number of carbonyl (C=O) groups excluding carboxylic acids is 1. The lowest BCUT2D eigenvalue weighted by molar-refractivity contribution is -0.127. The molecule has 0 radical (unpaired) electrons. The van der Waals surface area contributed by atoms with Gasteiger partial charge in [-0.25, -0.2) is 0 Å². The Kier molecular flexibility index (Phi) is 6.14. The molecule has 5 nitrogen and oxygen atoms in total. The number of nitrogens with one attached hydrogen (secondary N) is 3. The van der Waals surface area contributed by atoms with Crippen LogP contribution in [0.1, 0.15) is 18.1 Å². The van der Waals surface area contributed by atoms with Crippen molar-refractivity contribution in [2.24, 2.45) is 0 Å². The topological polar surface area (TPSA) is 62.4 Å². The van der Waals surface area contributed by atoms with Crippen molar-refractivity contribution in [1.29, 1.82) is 0 Å². The quantitative estimate of drug-likeness (QED) is 0.588. The molecule has 0 aliphatic carbocycles. The van der Waals surface area contributed by atoms with E-state index < -0.39 is 6.10 Å². The lowest BCUT2D eigenvalue weighted by Gasteiger charge is -2.17. The first-order valence-corrected chi connectivity index (χ1v) is 8.02. The highest BCUT2D eigenvalue weighted by Gasteiger charge is 2.15. The zero-order valence-electron chi connectivity index (χ0n) is 13.9. The van der Waals surface area contributed by atoms with Crippen molar-refractivity contribution in [3.63, 3.8) is 0 Å². The van der Waals surface area contributed by atoms with Gasteiger partial charge in [0, 0.05) is 5.69 Å². The third kappa shape index (κ3) is 5.24. The van der Waals surface area contributed by atoms with Gasteiger partial charge >= 0.3 is 0 Å². The molecule has 0 saturated carbocycles. The maximum absolute atomic E-state index is 12.1. The number of rotatable bonds is 4. The summed E-state index contributed by atoms with van der Waals surface area (Å²) in [6.07, 6.45) is -0.654. The van der Waals surface area contributed by atoms with Crippen LogP contribution in [0.5, 0.6) is 5.75 Å². The molecule has 2 aromatic carbocycles. The number of hydrazine groups is 1. The number of anilines is 1. The maximum atomic E-state index is 12.1. The molecule has 0 heterocycles. The molecular formula is C18H21N3O2S. The largest absolute Gasteiger partial charge is 0.481 e. The Morgan fingerprint density at radius 3 is 2.42 bits per heavy atom. The van der Waals surface area contributed by atoms with Gasteiger partial charge in [0.25, 0.3) is 5.91 Å². The molecule has 0 aromatic heterocycles. The van der Waals surface area contributed by atoms with Crippen molar-refractivity contribution in [1.82, 2.24) is 10.9 Å². The van der Waals surface area contributed by atoms with Gasteiger partial charge in [-0.05, 0) is 68.4 Å². The van der Waals surface area contributed by atoms with Gasteiger partial charge in [0.15, 0.2) is 11.2 Å². The molecule has 0 fully saturated rings. The van der Waals surface area contributed by atoms with E-state index in [1.54, 1.807) is 6.92 Å². The fourth-order valence-electron chi connectivity index (χ4n) is 1.95. The molecule has 3 N–H and O–H groups in total. The van der Waals surface area contributed by atoms with Gasteiger partial charge in [0.05, 0.1) is 0 Å². The van der Waals surface area contributed by atoms with Crippen LogP contribution in [0.3, 0.4) is 0 Å². The van der Waals surface area contributed by atoms with E-state index in [2.05, 4.69) is 16.2 Å². The number of carbonyl (C=O) groups is 1. The standard InChI is InChI=1S/C18H21N3O2S/c1-12-9-10-16(11-13(12)2)23-14(3)17(22)20-21-18(24)19-15-7-5-4-6-8-15/h4-11,14H,1-3H3,(H,20,22)(H2,19,21,24). The number of benzene rings is 2. The second kappa shape index (κ2) is 8.31. The van der Waals surface area contributed by atoms with Crippen LogP contribution >= 0.6 is 12.2 Å². The van der Waals surface area contributed by atoms with E-state index >= 15 is 0 Å². The van der Waals surface area contributed by atoms with Crippen LogP contribution in [0.2, 0.25) is 0 Å². The molecule has 0 bridgehead atoms. The van der Waals surface area contributed by atoms with Crippen molar-refractivity contribution in [2.45, 2.75) is 26.9 Å². The second-order valence-electron chi connectivity index (χ2n) is 5.44. The van der Waals surface area contributed by atoms with Crippen LogP contribution in [0, 0.1) is 13.8 Å². The first kappa shape index (κ1) is 17.7. The molecular weight excluding hydrogens is 322 g/mol. The third-order valence-electron chi connectivity index (χ3n) is 3.49. The SMILES string of the molecule is Cc1ccc(OC(C)C(=O)NNC(=S)Nc2ccccc2)cc1C. The minimum Gasteiger partial charge on any atom is -0.481 e. The van der Waals surface area contributed by atoms with E-state index in [0.717, 1.165) is 11.3 Å². The number of ether oxygens (including phenoxy) is 1. The highest BCUT2D eigenvalue weighted by molar-refractivity contribution is 7.80. The molecule has 0 spiro atoms. The molecule has 0 aliphatic heterocycles. The van der Waals surface area contributed by atoms with Gasteiger partial charge in [-0.1, -0.05) is 24.3 Å². The minimum atomic E-state index is -0.654. The number of amides is 1. The average Bonchev–Trinajstić information content (AvgIpc) is 2.57. The Balaban J connectivity index is 1.80. The summed E-state index contributed by atoms with van der Waals surface area (Å²) < 4.78 is 5.65. The highest BCUT2D eigenvalue weighted by atomic mass is 32.1. The van der Waals surface area contributed by atoms with Gasteiger partial charge in [-0.3, -0.25) is 15.6 Å². The van der Waals surface area contributed by atoms with Crippen molar-refractivity contribution in [3.05, 3.63) is 59.7 Å². The van der Waals surface area contributed by atoms with Crippen LogP contribution in [0.15, 0.2) is 48.5 Å². The summed E-state index contributed by atoms with van der Waals surface area (Å²) in [7, 11) is 0. The minimum absolute atomic E-state index is 0.299. The van der Waals surface area contributed by atoms with Crippen LogP contribution in [-0.4, -0.2) is 17.1 Å². The van der Waals surface area contributed by atoms with E-state index in [-0.39, 0.29) is 5.91 Å². The molecule has 126 valence electrons. The summed E-state index contributed by atoms with van der Waals surface area (Å²) in [6, 6.07) is 15.2. The average molecular weight is 343 g/mol. The molecule has 1 amide bonds. The van der Waals surface area contributed by atoms with Crippen LogP contribution in [-0.2, 0) is 4.79 Å². The Morgan fingerprint density at radius 1 is 1.04 bits per heavy atom. The van der Waals surface area contributed by atoms with E-state index in [1.807, 2.05) is 62.4 Å². The lowest BCUT2D eigenvalue weighted by Crippen LogP contribution is -2.48. The predicted octanol–water partition coefficient (Wildman–Crippen LogP) is 3.09. The molecule has 0 saturated heterocycles. The van der Waals surface area contributed by atoms with Gasteiger partial charge in [0.2, 0.25) is 0 Å². The number of hydrogen-bond donors (Lipinski definition) is 3. The van der Waals surface area contributed by atoms with Gasteiger partial charge in [-0.15, -0.1) is 0 Å². The molecule has 0 aliphatic rings. The molecule has 1 unspecified atom stereocenters. The molecule has 2 rings (SSSR count). The van der Waals surface area contributed by atoms with E-state index in [9.17, 15) is 4.79 Å². The summed E-state index contributed by atoms with van der Waals surface area (Å²) in [5.74, 6) is 0.344. The van der Waals surface area contributed by atoms with Crippen LogP contribution in [0.25, 0.3) is 0 Å². The van der Waals surface area contributed by atoms with E-state index in [0.29, 0.717) is 10.9 Å². The second-order valence-corrected chi connectivity index (χ2v) is 5.85. The van der Waals surface area contributed by atoms with E-state index in [1.165, 1.54) is 5.56 Å². The zero-order chi connectivity index (χ0) is 17.5. The smallest absolute Gasteiger partial charge is 0.279 e. The van der Waals surface area contributed by atoms with Crippen molar-refractivity contribution < 1.29 is 9.53 Å². The molecule has 1 atom stereocenters. The van der Waals surface area contributed by atoms with E-state index in [4.69, 9.17) is 17.0 Å². The maximum Gasteiger partial charge on any atom is 0.279 e. The first-order valence-electron chi connectivity index (χ1n) is 7.61. The monoisotopic (exact) mass is 343 g/mol. The Bertz CT molecular complexity index is 719. The fraction of sp³-hybridized carbons (Fsp3) is 0.222. The fourth-order valence-corrected chi connectivity index (χ4v) is 2.12. The summed E-state index contributed by atoms with van der Waals surface area (Å²) in [5.41, 5.74) is 8.32. The van der Waals surface area contributed by atoms with Gasteiger partial charge in [-0.2, -0.15) is 0 Å². The Labute approximate surface area is 147 Å². The zero-order valence-corrected chi connectivity index (χ0v) is 14.7. The number of hydrogen-bond acceptors (Lipinski definition) is 3. The van der Waals surface area contributed by atoms with Crippen molar-refractivity contribution in [2.75, 3.05) is 5.32 Å². The van der Waals surface area contributed by atoms with Crippen LogP contribution in [0.4, 0.5) is 5.69 Å². The molecule has 24 heavy (non-hydrogen) atoms. The molecule has 6 heteroatoms.